The molecule has 0 unspecified atom stereocenters. The number of nitrogens with one attached hydrogen (secondary N) is 1. The van der Waals surface area contributed by atoms with Crippen LogP contribution >= 0.6 is 0 Å². The average Bonchev–Trinajstić information content (AvgIpc) is 3.53. The molecule has 5 rings (SSSR count). The van der Waals surface area contributed by atoms with Gasteiger partial charge in [-0.1, -0.05) is 31.4 Å². The van der Waals surface area contributed by atoms with Crippen molar-refractivity contribution >= 4 is 17.8 Å². The van der Waals surface area contributed by atoms with Gasteiger partial charge in [0, 0.05) is 24.6 Å². The molecule has 1 aromatic carbocycles. The molecule has 2 atom stereocenters. The van der Waals surface area contributed by atoms with Crippen molar-refractivity contribution < 1.29 is 28.6 Å². The fourth-order valence-electron chi connectivity index (χ4n) is 6.25. The van der Waals surface area contributed by atoms with Crippen LogP contribution in [-0.4, -0.2) is 42.6 Å². The fourth-order valence-corrected chi connectivity index (χ4v) is 6.25. The third-order valence-electron chi connectivity index (χ3n) is 8.09. The number of benzene rings is 1. The summed E-state index contributed by atoms with van der Waals surface area (Å²) < 4.78 is 16.4. The van der Waals surface area contributed by atoms with Gasteiger partial charge in [-0.2, -0.15) is 0 Å². The van der Waals surface area contributed by atoms with Crippen LogP contribution in [0.15, 0.2) is 30.0 Å². The summed E-state index contributed by atoms with van der Waals surface area (Å²) in [4.78, 5) is 41.7. The Kier molecular flexibility index (Phi) is 7.21. The number of hydrogen-bond acceptors (Lipinski definition) is 6. The minimum Gasteiger partial charge on any atom is -0.465 e. The van der Waals surface area contributed by atoms with Gasteiger partial charge in [0.1, 0.15) is 5.41 Å². The molecule has 4 aliphatic rings. The molecule has 0 aromatic heterocycles. The minimum atomic E-state index is -0.894. The summed E-state index contributed by atoms with van der Waals surface area (Å²) in [6, 6.07) is 5.62. The Morgan fingerprint density at radius 1 is 1.17 bits per heavy atom. The van der Waals surface area contributed by atoms with Crippen LogP contribution < -0.4 is 14.8 Å². The lowest BCUT2D eigenvalue weighted by Crippen LogP contribution is -2.52. The van der Waals surface area contributed by atoms with Crippen LogP contribution in [0.25, 0.3) is 0 Å². The van der Waals surface area contributed by atoms with Crippen molar-refractivity contribution in [1.29, 1.82) is 0 Å². The second-order valence-electron chi connectivity index (χ2n) is 10.5. The van der Waals surface area contributed by atoms with Gasteiger partial charge in [0.2, 0.25) is 18.6 Å². The highest BCUT2D eigenvalue weighted by molar-refractivity contribution is 5.92. The second-order valence-corrected chi connectivity index (χ2v) is 10.5. The summed E-state index contributed by atoms with van der Waals surface area (Å²) in [5, 5.41) is 3.07. The zero-order valence-corrected chi connectivity index (χ0v) is 21.1. The molecule has 8 nitrogen and oxygen atoms in total. The lowest BCUT2D eigenvalue weighted by Gasteiger charge is -2.44. The molecule has 2 heterocycles. The number of carbonyl (C=O) groups excluding carboxylic acids is 3. The van der Waals surface area contributed by atoms with E-state index in [2.05, 4.69) is 5.32 Å². The second kappa shape index (κ2) is 10.5. The van der Waals surface area contributed by atoms with Crippen molar-refractivity contribution in [3.05, 3.63) is 35.5 Å². The van der Waals surface area contributed by atoms with Gasteiger partial charge in [0.25, 0.3) is 0 Å². The van der Waals surface area contributed by atoms with Gasteiger partial charge in [0.15, 0.2) is 11.5 Å². The highest BCUT2D eigenvalue weighted by Gasteiger charge is 2.55. The van der Waals surface area contributed by atoms with Crippen molar-refractivity contribution in [2.24, 2.45) is 17.3 Å². The van der Waals surface area contributed by atoms with Crippen LogP contribution in [0.2, 0.25) is 0 Å². The molecule has 8 heteroatoms. The van der Waals surface area contributed by atoms with Crippen molar-refractivity contribution in [2.45, 2.75) is 71.3 Å². The molecular formula is C28H36N2O6. The zero-order chi connectivity index (χ0) is 25.1. The molecular weight excluding hydrogens is 460 g/mol. The maximum atomic E-state index is 13.8. The summed E-state index contributed by atoms with van der Waals surface area (Å²) in [6.45, 7) is 3.20. The van der Waals surface area contributed by atoms with E-state index >= 15 is 0 Å². The summed E-state index contributed by atoms with van der Waals surface area (Å²) in [5.74, 6) is 0.724. The van der Waals surface area contributed by atoms with E-state index in [9.17, 15) is 14.4 Å². The quantitative estimate of drug-likeness (QED) is 0.545. The summed E-state index contributed by atoms with van der Waals surface area (Å²) in [5.41, 5.74) is 0.692. The van der Waals surface area contributed by atoms with Gasteiger partial charge in [0.05, 0.1) is 13.2 Å². The number of likely N-dealkylation sites (tertiary alicyclic amines) is 1. The van der Waals surface area contributed by atoms with E-state index in [4.69, 9.17) is 14.2 Å². The number of hydrogen-bond donors (Lipinski definition) is 1. The van der Waals surface area contributed by atoms with E-state index < -0.39 is 11.3 Å². The van der Waals surface area contributed by atoms with Crippen molar-refractivity contribution in [1.82, 2.24) is 10.2 Å². The Morgan fingerprint density at radius 3 is 2.78 bits per heavy atom. The minimum absolute atomic E-state index is 0.0810. The first-order valence-electron chi connectivity index (χ1n) is 13.3. The summed E-state index contributed by atoms with van der Waals surface area (Å²) in [7, 11) is 0. The molecule has 2 amide bonds. The molecule has 2 fully saturated rings. The predicted molar refractivity (Wildman–Crippen MR) is 132 cm³/mol. The molecule has 194 valence electrons. The van der Waals surface area contributed by atoms with Crippen LogP contribution in [0.4, 0.5) is 0 Å². The third-order valence-corrected chi connectivity index (χ3v) is 8.09. The lowest BCUT2D eigenvalue weighted by molar-refractivity contribution is -0.161. The maximum Gasteiger partial charge on any atom is 0.318 e. The van der Waals surface area contributed by atoms with Gasteiger partial charge in [-0.15, -0.1) is 0 Å². The molecule has 1 saturated carbocycles. The van der Waals surface area contributed by atoms with Gasteiger partial charge in [-0.05, 0) is 62.6 Å². The highest BCUT2D eigenvalue weighted by Crippen LogP contribution is 2.51. The molecule has 1 saturated heterocycles. The molecule has 0 spiro atoms. The van der Waals surface area contributed by atoms with Gasteiger partial charge in [-0.3, -0.25) is 14.4 Å². The number of nitrogens with zero attached hydrogens (tertiary/aromatic N) is 1. The standard InChI is InChI=1S/C28H36N2O6/c1-2-34-27(33)28-12-6-9-24(28)30(17-20-10-11-22-23(13-20)36-18-35-22)26(32)21(15-28)14-25(31)29-16-19-7-4-3-5-8-19/h9-11,13,19,21H,2-8,12,14-18H2,1H3,(H,29,31)/t21-,28+/m1/s1. The number of rotatable bonds is 8. The SMILES string of the molecule is CCOC(=O)[C@]12CCC=C1N(Cc1ccc3c(c1)OCO3)C(=O)[C@H](CC(=O)NCC1CCCCC1)C2. The van der Waals surface area contributed by atoms with Crippen molar-refractivity contribution in [3.8, 4) is 11.5 Å². The predicted octanol–water partition coefficient (Wildman–Crippen LogP) is 4.08. The zero-order valence-electron chi connectivity index (χ0n) is 21.1. The van der Waals surface area contributed by atoms with E-state index in [-0.39, 0.29) is 37.6 Å². The number of allylic oxidation sites excluding steroid dienone is 1. The van der Waals surface area contributed by atoms with Crippen molar-refractivity contribution in [2.75, 3.05) is 19.9 Å². The Labute approximate surface area is 212 Å². The Morgan fingerprint density at radius 2 is 1.97 bits per heavy atom. The van der Waals surface area contributed by atoms with E-state index in [1.54, 1.807) is 11.8 Å². The van der Waals surface area contributed by atoms with Gasteiger partial charge in [-0.25, -0.2) is 0 Å². The normalized spacial score (nSPS) is 25.4. The Hall–Kier alpha value is -3.03. The first-order valence-corrected chi connectivity index (χ1v) is 13.3. The van der Waals surface area contributed by atoms with Gasteiger partial charge >= 0.3 is 5.97 Å². The molecule has 2 aliphatic heterocycles. The maximum absolute atomic E-state index is 13.8. The van der Waals surface area contributed by atoms with Gasteiger partial charge < -0.3 is 24.4 Å². The molecule has 0 radical (unpaired) electrons. The number of amides is 2. The number of esters is 1. The van der Waals surface area contributed by atoms with E-state index in [1.807, 2.05) is 24.3 Å². The number of piperidine rings is 1. The van der Waals surface area contributed by atoms with Crippen LogP contribution in [0, 0.1) is 17.3 Å². The molecule has 0 bridgehead atoms. The van der Waals surface area contributed by atoms with E-state index in [0.717, 1.165) is 18.4 Å². The summed E-state index contributed by atoms with van der Waals surface area (Å²) >= 11 is 0. The first-order chi connectivity index (χ1) is 17.5. The molecule has 1 N–H and O–H groups in total. The number of fused-ring (bicyclic) bond motifs is 2. The van der Waals surface area contributed by atoms with Crippen molar-refractivity contribution in [3.63, 3.8) is 0 Å². The lowest BCUT2D eigenvalue weighted by atomic mass is 9.71. The fraction of sp³-hybridized carbons (Fsp3) is 0.607. The van der Waals surface area contributed by atoms with E-state index in [0.29, 0.717) is 55.5 Å². The third kappa shape index (κ3) is 4.82. The average molecular weight is 497 g/mol. The monoisotopic (exact) mass is 496 g/mol. The molecule has 1 aromatic rings. The number of carbonyl (C=O) groups is 3. The topological polar surface area (TPSA) is 94.2 Å². The van der Waals surface area contributed by atoms with Crippen LogP contribution in [0.5, 0.6) is 11.5 Å². The highest BCUT2D eigenvalue weighted by atomic mass is 16.7. The Balaban J connectivity index is 1.35. The molecule has 2 aliphatic carbocycles. The summed E-state index contributed by atoms with van der Waals surface area (Å²) in [6.07, 6.45) is 9.65. The van der Waals surface area contributed by atoms with Crippen LogP contribution in [0.1, 0.15) is 70.3 Å². The molecule has 36 heavy (non-hydrogen) atoms. The smallest absolute Gasteiger partial charge is 0.318 e. The first kappa shape index (κ1) is 24.7. The van der Waals surface area contributed by atoms with E-state index in [1.165, 1.54) is 19.3 Å². The van der Waals surface area contributed by atoms with Crippen LogP contribution in [-0.2, 0) is 25.7 Å². The Bertz CT molecular complexity index is 1050. The largest absolute Gasteiger partial charge is 0.465 e. The number of ether oxygens (including phenoxy) is 3. The van der Waals surface area contributed by atoms with Crippen LogP contribution in [0.3, 0.4) is 0 Å².